The van der Waals surface area contributed by atoms with Gasteiger partial charge in [0.25, 0.3) is 0 Å². The monoisotopic (exact) mass is 461 g/mol. The summed E-state index contributed by atoms with van der Waals surface area (Å²) in [6.45, 7) is 0. The molecule has 0 bridgehead atoms. The van der Waals surface area contributed by atoms with Gasteiger partial charge in [0, 0.05) is 26.4 Å². The Morgan fingerprint density at radius 1 is 1.28 bits per heavy atom. The predicted octanol–water partition coefficient (Wildman–Crippen LogP) is 4.34. The molecule has 9 heteroatoms. The summed E-state index contributed by atoms with van der Waals surface area (Å²) in [5, 5.41) is 2.61. The number of ether oxygens (including phenoxy) is 1. The van der Waals surface area contributed by atoms with Gasteiger partial charge in [-0.2, -0.15) is 13.2 Å². The molecule has 1 aromatic carbocycles. The van der Waals surface area contributed by atoms with Gasteiger partial charge in [0.1, 0.15) is 0 Å². The molecule has 3 aromatic rings. The fraction of sp³-hybridized carbons (Fsp3) is 0.125. The van der Waals surface area contributed by atoms with Crippen molar-refractivity contribution in [3.63, 3.8) is 0 Å². The second-order valence-corrected chi connectivity index (χ2v) is 6.28. The lowest BCUT2D eigenvalue weighted by atomic mass is 10.2. The van der Waals surface area contributed by atoms with Crippen molar-refractivity contribution in [3.8, 4) is 17.1 Å². The molecule has 1 amide bonds. The zero-order valence-electron chi connectivity index (χ0n) is 12.7. The standard InChI is InChI=1S/C16H11F3IN3O2/c1-25-14-13(10(20)4-5-21-14)12-6-8-2-3-9(7-11(8)23-12)22-15(24)16(17,18)19/h2-7,23H,1H3,(H,22,24). The van der Waals surface area contributed by atoms with Crippen LogP contribution in [0, 0.1) is 3.57 Å². The summed E-state index contributed by atoms with van der Waals surface area (Å²) in [6, 6.07) is 8.13. The number of fused-ring (bicyclic) bond motifs is 1. The largest absolute Gasteiger partial charge is 0.480 e. The molecule has 0 saturated heterocycles. The van der Waals surface area contributed by atoms with E-state index < -0.39 is 12.1 Å². The molecule has 2 aromatic heterocycles. The first kappa shape index (κ1) is 17.5. The molecule has 0 fully saturated rings. The molecule has 0 atom stereocenters. The van der Waals surface area contributed by atoms with Gasteiger partial charge in [-0.3, -0.25) is 4.79 Å². The molecular formula is C16H11F3IN3O2. The number of aromatic nitrogens is 2. The smallest absolute Gasteiger partial charge is 0.471 e. The SMILES string of the molecule is COc1nccc(I)c1-c1cc2ccc(NC(=O)C(F)(F)F)cc2[nH]1. The van der Waals surface area contributed by atoms with E-state index in [1.54, 1.807) is 12.3 Å². The summed E-state index contributed by atoms with van der Waals surface area (Å²) in [7, 11) is 1.51. The number of methoxy groups -OCH3 is 1. The second-order valence-electron chi connectivity index (χ2n) is 5.11. The van der Waals surface area contributed by atoms with Gasteiger partial charge < -0.3 is 15.0 Å². The first-order valence-electron chi connectivity index (χ1n) is 6.99. The number of H-pyrrole nitrogens is 1. The van der Waals surface area contributed by atoms with E-state index in [1.807, 2.05) is 17.4 Å². The Hall–Kier alpha value is -2.30. The van der Waals surface area contributed by atoms with E-state index in [0.717, 1.165) is 14.5 Å². The minimum atomic E-state index is -4.94. The molecule has 0 radical (unpaired) electrons. The lowest BCUT2D eigenvalue weighted by molar-refractivity contribution is -0.167. The van der Waals surface area contributed by atoms with Gasteiger partial charge in [-0.15, -0.1) is 0 Å². The van der Waals surface area contributed by atoms with Gasteiger partial charge in [0.05, 0.1) is 18.4 Å². The third-order valence-electron chi connectivity index (χ3n) is 3.47. The molecule has 0 aliphatic heterocycles. The third kappa shape index (κ3) is 3.55. The molecule has 2 N–H and O–H groups in total. The van der Waals surface area contributed by atoms with Crippen molar-refractivity contribution in [3.05, 3.63) is 40.1 Å². The van der Waals surface area contributed by atoms with Crippen molar-refractivity contribution in [1.29, 1.82) is 0 Å². The molecule has 0 spiro atoms. The number of rotatable bonds is 3. The number of carbonyl (C=O) groups is 1. The number of hydrogen-bond donors (Lipinski definition) is 2. The first-order chi connectivity index (χ1) is 11.8. The Balaban J connectivity index is 2.01. The van der Waals surface area contributed by atoms with Crippen molar-refractivity contribution < 1.29 is 22.7 Å². The number of benzene rings is 1. The number of anilines is 1. The van der Waals surface area contributed by atoms with Crippen molar-refractivity contribution in [1.82, 2.24) is 9.97 Å². The number of carbonyl (C=O) groups excluding carboxylic acids is 1. The van der Waals surface area contributed by atoms with Crippen LogP contribution in [0.25, 0.3) is 22.2 Å². The van der Waals surface area contributed by atoms with Crippen LogP contribution in [0.15, 0.2) is 36.5 Å². The average molecular weight is 461 g/mol. The number of pyridine rings is 1. The fourth-order valence-electron chi connectivity index (χ4n) is 2.36. The van der Waals surface area contributed by atoms with Crippen LogP contribution in [0.3, 0.4) is 0 Å². The molecule has 0 aliphatic rings. The Morgan fingerprint density at radius 2 is 2.04 bits per heavy atom. The lowest BCUT2D eigenvalue weighted by Crippen LogP contribution is -2.29. The van der Waals surface area contributed by atoms with Gasteiger partial charge in [-0.05, 0) is 46.9 Å². The van der Waals surface area contributed by atoms with Crippen LogP contribution in [0.2, 0.25) is 0 Å². The van der Waals surface area contributed by atoms with E-state index in [-0.39, 0.29) is 5.69 Å². The predicted molar refractivity (Wildman–Crippen MR) is 95.5 cm³/mol. The van der Waals surface area contributed by atoms with E-state index >= 15 is 0 Å². The van der Waals surface area contributed by atoms with Crippen LogP contribution in [0.1, 0.15) is 0 Å². The van der Waals surface area contributed by atoms with Crippen LogP contribution < -0.4 is 10.1 Å². The van der Waals surface area contributed by atoms with Gasteiger partial charge in [-0.1, -0.05) is 6.07 Å². The van der Waals surface area contributed by atoms with Gasteiger partial charge in [0.2, 0.25) is 5.88 Å². The number of nitrogens with one attached hydrogen (secondary N) is 2. The van der Waals surface area contributed by atoms with E-state index in [0.29, 0.717) is 17.1 Å². The number of hydrogen-bond acceptors (Lipinski definition) is 3. The fourth-order valence-corrected chi connectivity index (χ4v) is 3.04. The molecule has 2 heterocycles. The van der Waals surface area contributed by atoms with Gasteiger partial charge in [0.15, 0.2) is 0 Å². The van der Waals surface area contributed by atoms with E-state index in [1.165, 1.54) is 19.2 Å². The maximum absolute atomic E-state index is 12.4. The minimum absolute atomic E-state index is 0.0519. The number of alkyl halides is 3. The minimum Gasteiger partial charge on any atom is -0.480 e. The van der Waals surface area contributed by atoms with Gasteiger partial charge >= 0.3 is 12.1 Å². The lowest BCUT2D eigenvalue weighted by Gasteiger charge is -2.08. The van der Waals surface area contributed by atoms with Crippen molar-refractivity contribution >= 4 is 45.1 Å². The van der Waals surface area contributed by atoms with Crippen molar-refractivity contribution in [2.45, 2.75) is 6.18 Å². The first-order valence-corrected chi connectivity index (χ1v) is 8.07. The van der Waals surface area contributed by atoms with Gasteiger partial charge in [-0.25, -0.2) is 4.98 Å². The highest BCUT2D eigenvalue weighted by Gasteiger charge is 2.38. The molecule has 0 saturated carbocycles. The summed E-state index contributed by atoms with van der Waals surface area (Å²) < 4.78 is 43.3. The highest BCUT2D eigenvalue weighted by molar-refractivity contribution is 14.1. The van der Waals surface area contributed by atoms with E-state index in [2.05, 4.69) is 32.6 Å². The summed E-state index contributed by atoms with van der Waals surface area (Å²) >= 11 is 2.15. The van der Waals surface area contributed by atoms with Crippen LogP contribution >= 0.6 is 22.6 Å². The quantitative estimate of drug-likeness (QED) is 0.571. The van der Waals surface area contributed by atoms with E-state index in [9.17, 15) is 18.0 Å². The molecular weight excluding hydrogens is 450 g/mol. The number of halogens is 4. The second kappa shape index (κ2) is 6.54. The summed E-state index contributed by atoms with van der Waals surface area (Å²) in [5.41, 5.74) is 2.10. The Bertz CT molecular complexity index is 953. The molecule has 0 unspecified atom stereocenters. The third-order valence-corrected chi connectivity index (χ3v) is 4.36. The van der Waals surface area contributed by atoms with Crippen LogP contribution in [-0.2, 0) is 4.79 Å². The maximum Gasteiger partial charge on any atom is 0.471 e. The van der Waals surface area contributed by atoms with Crippen LogP contribution in [-0.4, -0.2) is 29.2 Å². The zero-order valence-corrected chi connectivity index (χ0v) is 14.9. The number of aromatic amines is 1. The summed E-state index contributed by atoms with van der Waals surface area (Å²) in [5.74, 6) is -1.58. The number of amides is 1. The topological polar surface area (TPSA) is 67.0 Å². The molecule has 25 heavy (non-hydrogen) atoms. The number of nitrogens with zero attached hydrogens (tertiary/aromatic N) is 1. The van der Waals surface area contributed by atoms with Crippen LogP contribution in [0.4, 0.5) is 18.9 Å². The highest BCUT2D eigenvalue weighted by atomic mass is 127. The zero-order chi connectivity index (χ0) is 18.2. The Labute approximate surface area is 153 Å². The summed E-state index contributed by atoms with van der Waals surface area (Å²) in [6.07, 6.45) is -3.31. The van der Waals surface area contributed by atoms with Crippen LogP contribution in [0.5, 0.6) is 5.88 Å². The van der Waals surface area contributed by atoms with Crippen molar-refractivity contribution in [2.75, 3.05) is 12.4 Å². The van der Waals surface area contributed by atoms with Crippen molar-refractivity contribution in [2.24, 2.45) is 0 Å². The van der Waals surface area contributed by atoms with E-state index in [4.69, 9.17) is 4.74 Å². The molecule has 5 nitrogen and oxygen atoms in total. The summed E-state index contributed by atoms with van der Waals surface area (Å²) in [4.78, 5) is 18.3. The Morgan fingerprint density at radius 3 is 2.72 bits per heavy atom. The maximum atomic E-state index is 12.4. The average Bonchev–Trinajstić information content (AvgIpc) is 2.96. The normalized spacial score (nSPS) is 11.6. The molecule has 3 rings (SSSR count). The highest BCUT2D eigenvalue weighted by Crippen LogP contribution is 2.34. The molecule has 0 aliphatic carbocycles. The molecule has 130 valence electrons. The Kier molecular flexibility index (Phi) is 4.58.